The summed E-state index contributed by atoms with van der Waals surface area (Å²) in [4.78, 5) is 5.36. The third kappa shape index (κ3) is 3.42. The van der Waals surface area contributed by atoms with Crippen molar-refractivity contribution in [1.29, 1.82) is 0 Å². The van der Waals surface area contributed by atoms with Crippen molar-refractivity contribution in [2.24, 2.45) is 10.9 Å². The van der Waals surface area contributed by atoms with Gasteiger partial charge in [-0.3, -0.25) is 0 Å². The van der Waals surface area contributed by atoms with Crippen LogP contribution in [0, 0.1) is 0 Å². The van der Waals surface area contributed by atoms with E-state index >= 15 is 0 Å². The highest BCUT2D eigenvalue weighted by molar-refractivity contribution is 7.82. The number of hydrogen-bond acceptors (Lipinski definition) is 4. The van der Waals surface area contributed by atoms with E-state index in [1.807, 2.05) is 86.2 Å². The Kier molecular flexibility index (Phi) is 4.86. The van der Waals surface area contributed by atoms with Crippen LogP contribution < -0.4 is 10.9 Å². The summed E-state index contributed by atoms with van der Waals surface area (Å²) >= 11 is 0. The van der Waals surface area contributed by atoms with Gasteiger partial charge < -0.3 is 5.73 Å². The number of thiol groups is 1. The van der Waals surface area contributed by atoms with Crippen molar-refractivity contribution in [3.05, 3.63) is 84.8 Å². The van der Waals surface area contributed by atoms with Gasteiger partial charge in [-0.1, -0.05) is 46.7 Å². The van der Waals surface area contributed by atoms with Gasteiger partial charge in [0.2, 0.25) is 0 Å². The molecule has 2 heterocycles. The molecule has 3 aromatic carbocycles. The van der Waals surface area contributed by atoms with Gasteiger partial charge in [-0.2, -0.15) is 5.10 Å². The lowest BCUT2D eigenvalue weighted by atomic mass is 10.00. The van der Waals surface area contributed by atoms with Gasteiger partial charge in [0.05, 0.1) is 6.20 Å². The van der Waals surface area contributed by atoms with E-state index in [-0.39, 0.29) is 6.04 Å². The van der Waals surface area contributed by atoms with Crippen LogP contribution in [0.1, 0.15) is 18.5 Å². The average molecular weight is 429 g/mol. The summed E-state index contributed by atoms with van der Waals surface area (Å²) in [5.41, 5.74) is 11.7. The summed E-state index contributed by atoms with van der Waals surface area (Å²) in [6.07, 6.45) is 5.64. The van der Waals surface area contributed by atoms with Crippen molar-refractivity contribution >= 4 is 27.4 Å². The van der Waals surface area contributed by atoms with Crippen LogP contribution in [0.5, 0.6) is 0 Å². The third-order valence-corrected chi connectivity index (χ3v) is 6.42. The molecule has 0 radical (unpaired) electrons. The highest BCUT2D eigenvalue weighted by atomic mass is 32.2. The molecule has 6 nitrogen and oxygen atoms in total. The van der Waals surface area contributed by atoms with E-state index in [2.05, 4.69) is 5.10 Å². The smallest absolute Gasteiger partial charge is 0.182 e. The van der Waals surface area contributed by atoms with Crippen molar-refractivity contribution in [2.45, 2.75) is 17.9 Å². The number of hydrogen-bond donors (Lipinski definition) is 2. The molecule has 0 fully saturated rings. The molecule has 0 amide bonds. The lowest BCUT2D eigenvalue weighted by Crippen LogP contribution is -2.04. The van der Waals surface area contributed by atoms with Crippen LogP contribution >= 0.6 is 0 Å². The highest BCUT2D eigenvalue weighted by Gasteiger charge is 2.17. The molecule has 0 aliphatic heterocycles. The van der Waals surface area contributed by atoms with Crippen molar-refractivity contribution in [1.82, 2.24) is 14.6 Å². The highest BCUT2D eigenvalue weighted by Crippen LogP contribution is 2.34. The number of fused-ring (bicyclic) bond motifs is 2. The molecule has 0 aliphatic rings. The zero-order chi connectivity index (χ0) is 21.5. The van der Waals surface area contributed by atoms with Gasteiger partial charge in [0.1, 0.15) is 0 Å². The van der Waals surface area contributed by atoms with E-state index in [0.29, 0.717) is 4.90 Å². The Morgan fingerprint density at radius 2 is 1.65 bits per heavy atom. The van der Waals surface area contributed by atoms with Crippen LogP contribution in [0.2, 0.25) is 0 Å². The number of aromatic nitrogens is 3. The molecule has 0 bridgehead atoms. The summed E-state index contributed by atoms with van der Waals surface area (Å²) in [7, 11) is -1.93. The Balaban J connectivity index is 1.62. The van der Waals surface area contributed by atoms with Crippen molar-refractivity contribution in [2.75, 3.05) is 0 Å². The molecule has 0 saturated carbocycles. The Hall–Kier alpha value is -3.39. The van der Waals surface area contributed by atoms with E-state index in [9.17, 15) is 4.21 Å². The van der Waals surface area contributed by atoms with Crippen molar-refractivity contribution in [3.63, 3.8) is 0 Å². The molecule has 0 saturated heterocycles. The van der Waals surface area contributed by atoms with Crippen LogP contribution in [0.3, 0.4) is 0 Å². The Bertz CT molecular complexity index is 1440. The molecule has 2 unspecified atom stereocenters. The first kappa shape index (κ1) is 19.6. The van der Waals surface area contributed by atoms with Crippen LogP contribution in [-0.4, -0.2) is 14.6 Å². The number of benzene rings is 3. The predicted molar refractivity (Wildman–Crippen MR) is 126 cm³/mol. The average Bonchev–Trinajstić information content (AvgIpc) is 3.21. The van der Waals surface area contributed by atoms with Gasteiger partial charge in [-0.15, -0.1) is 5.14 Å². The first-order valence-electron chi connectivity index (χ1n) is 9.96. The standard InChI is InChI=1S/C24H21N5OS/c1-15(25)16-6-8-17(9-7-16)18-12-27-24-22(13-28-29(24)14-18)20-10-11-23(31(26)30)21-5-3-2-4-19(20)21/h2-15H,25H2,1H3,(H2,26,30)/p+1. The number of nitrogens with two attached hydrogens (primary N) is 2. The van der Waals surface area contributed by atoms with E-state index < -0.39 is 11.0 Å². The van der Waals surface area contributed by atoms with Gasteiger partial charge in [0, 0.05) is 34.9 Å². The summed E-state index contributed by atoms with van der Waals surface area (Å²) in [6.45, 7) is 1.97. The number of nitrogens with zero attached hydrogens (tertiary/aromatic N) is 3. The maximum Gasteiger partial charge on any atom is 0.182 e. The molecule has 0 aliphatic carbocycles. The summed E-state index contributed by atoms with van der Waals surface area (Å²) in [5.74, 6) is 0. The Morgan fingerprint density at radius 1 is 0.903 bits per heavy atom. The number of rotatable bonds is 4. The topological polar surface area (TPSA) is 99.3 Å². The maximum absolute atomic E-state index is 12.0. The molecule has 0 spiro atoms. The minimum atomic E-state index is -1.93. The molecular weight excluding hydrogens is 406 g/mol. The van der Waals surface area contributed by atoms with E-state index in [1.54, 1.807) is 4.52 Å². The quantitative estimate of drug-likeness (QED) is 0.331. The van der Waals surface area contributed by atoms with Crippen LogP contribution in [0.25, 0.3) is 38.7 Å². The molecule has 4 N–H and O–H groups in total. The third-order valence-electron chi connectivity index (χ3n) is 5.55. The molecule has 31 heavy (non-hydrogen) atoms. The van der Waals surface area contributed by atoms with Gasteiger partial charge in [0.15, 0.2) is 21.5 Å². The minimum Gasteiger partial charge on any atom is -0.324 e. The molecule has 2 atom stereocenters. The van der Waals surface area contributed by atoms with E-state index in [0.717, 1.165) is 44.2 Å². The normalized spacial score (nSPS) is 13.5. The molecule has 7 heteroatoms. The SMILES string of the molecule is CC(N)c1ccc(-c2cnc3c(-c4ccc([SH+](N)=O)c5ccccc45)cnn3c2)cc1. The molecule has 154 valence electrons. The fourth-order valence-electron chi connectivity index (χ4n) is 3.90. The van der Waals surface area contributed by atoms with Gasteiger partial charge in [-0.25, -0.2) is 9.50 Å². The zero-order valence-corrected chi connectivity index (χ0v) is 17.8. The van der Waals surface area contributed by atoms with Gasteiger partial charge in [0.25, 0.3) is 0 Å². The molecule has 5 aromatic rings. The van der Waals surface area contributed by atoms with Gasteiger partial charge >= 0.3 is 0 Å². The largest absolute Gasteiger partial charge is 0.324 e. The first-order chi connectivity index (χ1) is 15.0. The second kappa shape index (κ2) is 7.70. The van der Waals surface area contributed by atoms with Crippen LogP contribution in [-0.2, 0) is 15.2 Å². The van der Waals surface area contributed by atoms with Gasteiger partial charge in [-0.05, 0) is 47.2 Å². The van der Waals surface area contributed by atoms with E-state index in [4.69, 9.17) is 15.9 Å². The Labute approximate surface area is 182 Å². The summed E-state index contributed by atoms with van der Waals surface area (Å²) in [5, 5.41) is 12.1. The Morgan fingerprint density at radius 3 is 2.35 bits per heavy atom. The second-order valence-electron chi connectivity index (χ2n) is 7.58. The maximum atomic E-state index is 12.0. The first-order valence-corrected chi connectivity index (χ1v) is 11.3. The fourth-order valence-corrected chi connectivity index (χ4v) is 4.56. The lowest BCUT2D eigenvalue weighted by molar-refractivity contribution is 0.597. The van der Waals surface area contributed by atoms with Crippen LogP contribution in [0.4, 0.5) is 0 Å². The van der Waals surface area contributed by atoms with Crippen molar-refractivity contribution < 1.29 is 4.21 Å². The molecular formula is C24H22N5OS+. The lowest BCUT2D eigenvalue weighted by Gasteiger charge is -2.08. The summed E-state index contributed by atoms with van der Waals surface area (Å²) < 4.78 is 13.8. The monoisotopic (exact) mass is 428 g/mol. The molecule has 5 rings (SSSR count). The minimum absolute atomic E-state index is 0.00180. The van der Waals surface area contributed by atoms with Crippen molar-refractivity contribution in [3.8, 4) is 22.3 Å². The van der Waals surface area contributed by atoms with E-state index in [1.165, 1.54) is 0 Å². The summed E-state index contributed by atoms with van der Waals surface area (Å²) in [6, 6.07) is 19.8. The fraction of sp³-hybridized carbons (Fsp3) is 0.0833. The second-order valence-corrected chi connectivity index (χ2v) is 8.72. The zero-order valence-electron chi connectivity index (χ0n) is 16.9. The molecule has 2 aromatic heterocycles. The van der Waals surface area contributed by atoms with Crippen LogP contribution in [0.15, 0.2) is 84.1 Å². The predicted octanol–water partition coefficient (Wildman–Crippen LogP) is 4.16.